The predicted molar refractivity (Wildman–Crippen MR) is 133 cm³/mol. The van der Waals surface area contributed by atoms with E-state index in [-0.39, 0.29) is 40.4 Å². The van der Waals surface area contributed by atoms with Crippen molar-refractivity contribution in [2.75, 3.05) is 6.54 Å². The number of halogens is 1. The molecule has 0 spiro atoms. The molecule has 0 unspecified atom stereocenters. The van der Waals surface area contributed by atoms with Crippen LogP contribution >= 0.6 is 11.6 Å². The van der Waals surface area contributed by atoms with Crippen molar-refractivity contribution >= 4 is 39.1 Å². The molecule has 1 heterocycles. The highest BCUT2D eigenvalue weighted by molar-refractivity contribution is 7.89. The summed E-state index contributed by atoms with van der Waals surface area (Å²) in [7, 11) is -4.13. The van der Waals surface area contributed by atoms with Gasteiger partial charge in [0.1, 0.15) is 11.1 Å². The van der Waals surface area contributed by atoms with Crippen LogP contribution in [0.5, 0.6) is 0 Å². The number of rotatable bonds is 7. The van der Waals surface area contributed by atoms with Gasteiger partial charge in [0, 0.05) is 30.3 Å². The second-order valence-electron chi connectivity index (χ2n) is 9.04. The van der Waals surface area contributed by atoms with Crippen LogP contribution in [-0.4, -0.2) is 54.1 Å². The first-order valence-electron chi connectivity index (χ1n) is 11.8. The summed E-state index contributed by atoms with van der Waals surface area (Å²) in [6, 6.07) is 11.3. The normalized spacial score (nSPS) is 22.6. The fourth-order valence-corrected chi connectivity index (χ4v) is 6.62. The molecule has 36 heavy (non-hydrogen) atoms. The number of benzene rings is 2. The number of hydrogen-bond acceptors (Lipinski definition) is 6. The van der Waals surface area contributed by atoms with Gasteiger partial charge in [-0.1, -0.05) is 29.8 Å². The molecule has 1 saturated carbocycles. The number of sulfonamides is 1. The molecule has 10 nitrogen and oxygen atoms in total. The van der Waals surface area contributed by atoms with Gasteiger partial charge in [0.2, 0.25) is 15.9 Å². The Hall–Kier alpha value is -3.02. The largest absolute Gasteiger partial charge is 0.352 e. The zero-order chi connectivity index (χ0) is 25.9. The third kappa shape index (κ3) is 5.69. The maximum absolute atomic E-state index is 13.2. The van der Waals surface area contributed by atoms with Gasteiger partial charge in [0.05, 0.1) is 9.82 Å². The molecule has 1 aliphatic carbocycles. The van der Waals surface area contributed by atoms with E-state index >= 15 is 0 Å². The monoisotopic (exact) mass is 534 g/mol. The number of nitrogens with zero attached hydrogens (tertiary/aromatic N) is 2. The standard InChI is InChI=1S/C24H27ClN4O6S/c25-20-13-12-19(15-22(20)29(32)33)36(34,35)28-14-4-7-21(28)24(31)27-18-10-8-17(9-11-18)26-23(30)16-5-2-1-3-6-16/h1-3,5-6,12-13,15,17-18,21H,4,7-11,14H2,(H,26,30)(H,27,31)/t17?,18?,21-/m1/s1. The van der Waals surface area contributed by atoms with Crippen molar-refractivity contribution in [2.45, 2.75) is 61.5 Å². The number of amides is 2. The van der Waals surface area contributed by atoms with Crippen molar-refractivity contribution in [1.82, 2.24) is 14.9 Å². The zero-order valence-corrected chi connectivity index (χ0v) is 21.0. The third-order valence-corrected chi connectivity index (χ3v) is 8.90. The van der Waals surface area contributed by atoms with Crippen LogP contribution < -0.4 is 10.6 Å². The second kappa shape index (κ2) is 10.9. The topological polar surface area (TPSA) is 139 Å². The number of hydrogen-bond donors (Lipinski definition) is 2. The van der Waals surface area contributed by atoms with Crippen LogP contribution in [0.1, 0.15) is 48.9 Å². The quantitative estimate of drug-likeness (QED) is 0.413. The van der Waals surface area contributed by atoms with Crippen molar-refractivity contribution < 1.29 is 22.9 Å². The van der Waals surface area contributed by atoms with Crippen LogP contribution in [0.3, 0.4) is 0 Å². The second-order valence-corrected chi connectivity index (χ2v) is 11.3. The molecule has 2 aliphatic rings. The summed E-state index contributed by atoms with van der Waals surface area (Å²) < 4.78 is 27.6. The summed E-state index contributed by atoms with van der Waals surface area (Å²) in [6.45, 7) is 0.148. The van der Waals surface area contributed by atoms with E-state index in [1.165, 1.54) is 12.1 Å². The van der Waals surface area contributed by atoms with Gasteiger partial charge in [-0.3, -0.25) is 19.7 Å². The van der Waals surface area contributed by atoms with Crippen LogP contribution in [0, 0.1) is 10.1 Å². The Morgan fingerprint density at radius 3 is 2.25 bits per heavy atom. The van der Waals surface area contributed by atoms with E-state index in [1.807, 2.05) is 18.2 Å². The van der Waals surface area contributed by atoms with Crippen molar-refractivity contribution in [3.05, 3.63) is 69.2 Å². The van der Waals surface area contributed by atoms with Crippen molar-refractivity contribution in [2.24, 2.45) is 0 Å². The molecule has 12 heteroatoms. The number of carbonyl (C=O) groups excluding carboxylic acids is 2. The van der Waals surface area contributed by atoms with Gasteiger partial charge in [-0.25, -0.2) is 8.42 Å². The van der Waals surface area contributed by atoms with Crippen LogP contribution in [-0.2, 0) is 14.8 Å². The average molecular weight is 535 g/mol. The summed E-state index contributed by atoms with van der Waals surface area (Å²) in [5.74, 6) is -0.506. The number of nitro benzene ring substituents is 1. The lowest BCUT2D eigenvalue weighted by molar-refractivity contribution is -0.384. The first-order valence-corrected chi connectivity index (χ1v) is 13.6. The molecule has 0 radical (unpaired) electrons. The van der Waals surface area contributed by atoms with Crippen LogP contribution in [0.25, 0.3) is 0 Å². The molecule has 1 saturated heterocycles. The lowest BCUT2D eigenvalue weighted by Gasteiger charge is -2.31. The van der Waals surface area contributed by atoms with E-state index in [0.29, 0.717) is 44.1 Å². The van der Waals surface area contributed by atoms with Crippen LogP contribution in [0.4, 0.5) is 5.69 Å². The minimum atomic E-state index is -4.13. The first-order chi connectivity index (χ1) is 17.2. The van der Waals surface area contributed by atoms with Crippen molar-refractivity contribution in [3.8, 4) is 0 Å². The molecular formula is C24H27ClN4O6S. The molecular weight excluding hydrogens is 508 g/mol. The molecule has 4 rings (SSSR count). The first kappa shape index (κ1) is 26.1. The maximum Gasteiger partial charge on any atom is 0.289 e. The molecule has 0 aromatic heterocycles. The van der Waals surface area contributed by atoms with Gasteiger partial charge in [-0.2, -0.15) is 4.31 Å². The molecule has 2 N–H and O–H groups in total. The van der Waals surface area contributed by atoms with E-state index in [1.54, 1.807) is 12.1 Å². The summed E-state index contributed by atoms with van der Waals surface area (Å²) in [5, 5.41) is 17.0. The van der Waals surface area contributed by atoms with Gasteiger partial charge < -0.3 is 10.6 Å². The number of nitrogens with one attached hydrogen (secondary N) is 2. The maximum atomic E-state index is 13.2. The minimum absolute atomic E-state index is 0.00918. The Kier molecular flexibility index (Phi) is 7.91. The molecule has 0 bridgehead atoms. The van der Waals surface area contributed by atoms with Crippen LogP contribution in [0.2, 0.25) is 5.02 Å². The molecule has 2 amide bonds. The Morgan fingerprint density at radius 2 is 1.61 bits per heavy atom. The molecule has 192 valence electrons. The highest BCUT2D eigenvalue weighted by Gasteiger charge is 2.40. The third-order valence-electron chi connectivity index (χ3n) is 6.67. The highest BCUT2D eigenvalue weighted by atomic mass is 35.5. The van der Waals surface area contributed by atoms with E-state index < -0.39 is 26.7 Å². The van der Waals surface area contributed by atoms with Crippen LogP contribution in [0.15, 0.2) is 53.4 Å². The number of carbonyl (C=O) groups is 2. The lowest BCUT2D eigenvalue weighted by Crippen LogP contribution is -2.50. The van der Waals surface area contributed by atoms with E-state index in [4.69, 9.17) is 11.6 Å². The Balaban J connectivity index is 1.35. The van der Waals surface area contributed by atoms with Crippen molar-refractivity contribution in [3.63, 3.8) is 0 Å². The smallest absolute Gasteiger partial charge is 0.289 e. The Bertz CT molecular complexity index is 1250. The molecule has 2 aromatic carbocycles. The predicted octanol–water partition coefficient (Wildman–Crippen LogP) is 3.26. The summed E-state index contributed by atoms with van der Waals surface area (Å²) in [4.78, 5) is 35.6. The van der Waals surface area contributed by atoms with Gasteiger partial charge >= 0.3 is 0 Å². The number of nitro groups is 1. The van der Waals surface area contributed by atoms with Gasteiger partial charge in [-0.15, -0.1) is 0 Å². The van der Waals surface area contributed by atoms with Crippen molar-refractivity contribution in [1.29, 1.82) is 0 Å². The fraction of sp³-hybridized carbons (Fsp3) is 0.417. The molecule has 1 aliphatic heterocycles. The van der Waals surface area contributed by atoms with E-state index in [2.05, 4.69) is 10.6 Å². The SMILES string of the molecule is O=C(NC1CCC(NC(=O)[C@H]2CCCN2S(=O)(=O)c2ccc(Cl)c([N+](=O)[O-])c2)CC1)c1ccccc1. The van der Waals surface area contributed by atoms with E-state index in [9.17, 15) is 28.1 Å². The molecule has 2 aromatic rings. The van der Waals surface area contributed by atoms with Gasteiger partial charge in [0.15, 0.2) is 0 Å². The minimum Gasteiger partial charge on any atom is -0.352 e. The zero-order valence-electron chi connectivity index (χ0n) is 19.4. The Morgan fingerprint density at radius 1 is 0.972 bits per heavy atom. The Labute approximate surface area is 214 Å². The summed E-state index contributed by atoms with van der Waals surface area (Å²) in [5.41, 5.74) is 0.0931. The van der Waals surface area contributed by atoms with Gasteiger partial charge in [-0.05, 0) is 62.8 Å². The lowest BCUT2D eigenvalue weighted by atomic mass is 9.90. The summed E-state index contributed by atoms with van der Waals surface area (Å²) in [6.07, 6.45) is 3.59. The fourth-order valence-electron chi connectivity index (χ4n) is 4.76. The average Bonchev–Trinajstić information content (AvgIpc) is 3.37. The molecule has 1 atom stereocenters. The van der Waals surface area contributed by atoms with E-state index in [0.717, 1.165) is 10.4 Å². The summed E-state index contributed by atoms with van der Waals surface area (Å²) >= 11 is 5.82. The highest BCUT2D eigenvalue weighted by Crippen LogP contribution is 2.32. The molecule has 2 fully saturated rings. The van der Waals surface area contributed by atoms with Gasteiger partial charge in [0.25, 0.3) is 11.6 Å².